The van der Waals surface area contributed by atoms with Crippen LogP contribution in [0.4, 0.5) is 0 Å². The molecule has 0 spiro atoms. The molecule has 0 bridgehead atoms. The maximum absolute atomic E-state index is 14.6. The lowest BCUT2D eigenvalue weighted by atomic mass is 10.0. The molecule has 35 heteroatoms. The molecule has 0 aliphatic heterocycles. The molecule has 11 amide bonds. The van der Waals surface area contributed by atoms with Crippen LogP contribution in [0, 0.1) is 0 Å². The number of hydrogen-bond acceptors (Lipinski definition) is 21. The van der Waals surface area contributed by atoms with E-state index in [0.29, 0.717) is 96.6 Å². The molecule has 0 heterocycles. The Morgan fingerprint density at radius 1 is 0.280 bits per heavy atom. The summed E-state index contributed by atoms with van der Waals surface area (Å²) in [5.74, 6) is -11.0. The third kappa shape index (κ3) is 39.7. The minimum Gasteiger partial charge on any atom is -0.480 e. The molecule has 0 aliphatic rings. The highest BCUT2D eigenvalue weighted by Crippen LogP contribution is 2.13. The first kappa shape index (κ1) is 85.6. The second kappa shape index (κ2) is 52.0. The second-order valence-electron chi connectivity index (χ2n) is 22.9. The lowest BCUT2D eigenvalue weighted by molar-refractivity contribution is -0.142. The van der Waals surface area contributed by atoms with Gasteiger partial charge in [0.25, 0.3) is 0 Å². The molecule has 0 aromatic rings. The zero-order valence-electron chi connectivity index (χ0n) is 54.2. The molecule has 0 aromatic carbocycles. The molecule has 0 aliphatic carbocycles. The fourth-order valence-corrected chi connectivity index (χ4v) is 9.54. The van der Waals surface area contributed by atoms with E-state index in [2.05, 4.69) is 52.8 Å². The second-order valence-corrected chi connectivity index (χ2v) is 22.9. The minimum atomic E-state index is -1.63. The normalized spacial score (nSPS) is 14.3. The van der Waals surface area contributed by atoms with Gasteiger partial charge in [-0.3, -0.25) is 57.7 Å². The summed E-state index contributed by atoms with van der Waals surface area (Å²) in [5, 5.41) is 33.4. The van der Waals surface area contributed by atoms with Crippen molar-refractivity contribution in [2.75, 3.05) is 52.4 Å². The minimum absolute atomic E-state index is 0.00168. The van der Waals surface area contributed by atoms with E-state index in [1.54, 1.807) is 0 Å². The number of nitrogens with two attached hydrogens (primary N) is 12. The Hall–Kier alpha value is -7.41. The van der Waals surface area contributed by atoms with Gasteiger partial charge in [-0.15, -0.1) is 0 Å². The molecule has 35 nitrogen and oxygen atoms in total. The SMILES string of the molecule is NCCCC[C@H](NC(=O)[C@H](CCCCN)NC(=O)[C@H](CCC(N)=O)NC(=O)[C@H](CCCCN)NC(=O)[C@H](CCC(N)=O)NC(=O)[C@H](CCCCN)NC(=O)[C@H](CCCN=C(N)N)NC(=O)[C@H](CCCCN)NC(=O)[C@H](CCCCN)NC(=O)[C@@H](N)CCCCN)C(=O)O. The largest absolute Gasteiger partial charge is 0.480 e. The third-order valence-electron chi connectivity index (χ3n) is 15.0. The Bertz CT molecular complexity index is 2300. The van der Waals surface area contributed by atoms with Gasteiger partial charge in [-0.2, -0.15) is 0 Å². The quantitative estimate of drug-likeness (QED) is 0.0153. The molecular weight excluding hydrogens is 1210 g/mol. The zero-order valence-corrected chi connectivity index (χ0v) is 54.2. The molecule has 0 fully saturated rings. The van der Waals surface area contributed by atoms with Gasteiger partial charge in [0, 0.05) is 19.4 Å². The van der Waals surface area contributed by atoms with Crippen LogP contribution in [0.3, 0.4) is 0 Å². The van der Waals surface area contributed by atoms with Crippen molar-refractivity contribution >= 4 is 76.9 Å². The molecule has 93 heavy (non-hydrogen) atoms. The van der Waals surface area contributed by atoms with E-state index in [9.17, 15) is 62.6 Å². The van der Waals surface area contributed by atoms with Crippen molar-refractivity contribution in [3.63, 3.8) is 0 Å². The van der Waals surface area contributed by atoms with Crippen LogP contribution in [0.1, 0.15) is 173 Å². The van der Waals surface area contributed by atoms with E-state index in [1.165, 1.54) is 0 Å². The van der Waals surface area contributed by atoms with E-state index < -0.39 is 157 Å². The lowest BCUT2D eigenvalue weighted by Crippen LogP contribution is -2.60. The van der Waals surface area contributed by atoms with Crippen LogP contribution in [-0.4, -0.2) is 195 Å². The monoisotopic (exact) mass is 1330 g/mol. The molecule has 0 unspecified atom stereocenters. The van der Waals surface area contributed by atoms with Crippen LogP contribution in [-0.2, 0) is 57.5 Å². The van der Waals surface area contributed by atoms with E-state index in [4.69, 9.17) is 68.8 Å². The summed E-state index contributed by atoms with van der Waals surface area (Å²) in [7, 11) is 0. The average molecular weight is 1330 g/mol. The number of hydrogen-bond donors (Lipinski definition) is 22. The van der Waals surface area contributed by atoms with Gasteiger partial charge in [0.15, 0.2) is 5.96 Å². The van der Waals surface area contributed by atoms with Gasteiger partial charge in [-0.1, -0.05) is 6.42 Å². The van der Waals surface area contributed by atoms with E-state index in [-0.39, 0.29) is 109 Å². The number of nitrogens with one attached hydrogen (secondary N) is 9. The number of guanidine groups is 1. The summed E-state index contributed by atoms with van der Waals surface area (Å²) in [6.45, 7) is 1.84. The number of unbranched alkanes of at least 4 members (excludes halogenated alkanes) is 7. The van der Waals surface area contributed by atoms with Gasteiger partial charge in [0.2, 0.25) is 65.0 Å². The van der Waals surface area contributed by atoms with Gasteiger partial charge in [0.1, 0.15) is 54.4 Å². The Morgan fingerprint density at radius 3 is 0.710 bits per heavy atom. The van der Waals surface area contributed by atoms with E-state index in [0.717, 1.165) is 0 Å². The fraction of sp³-hybridized carbons (Fsp3) is 0.776. The van der Waals surface area contributed by atoms with Gasteiger partial charge in [0.05, 0.1) is 6.04 Å². The number of nitrogens with zero attached hydrogens (tertiary/aromatic N) is 1. The number of carbonyl (C=O) groups excluding carboxylic acids is 11. The third-order valence-corrected chi connectivity index (χ3v) is 15.0. The van der Waals surface area contributed by atoms with Crippen LogP contribution in [0.5, 0.6) is 0 Å². The first-order valence-electron chi connectivity index (χ1n) is 32.6. The van der Waals surface area contributed by atoms with Crippen molar-refractivity contribution in [2.24, 2.45) is 73.8 Å². The lowest BCUT2D eigenvalue weighted by Gasteiger charge is -2.28. The first-order chi connectivity index (χ1) is 44.3. The maximum Gasteiger partial charge on any atom is 0.326 e. The van der Waals surface area contributed by atoms with Crippen molar-refractivity contribution in [2.45, 2.75) is 234 Å². The number of carboxylic acid groups (broad SMARTS) is 1. The smallest absolute Gasteiger partial charge is 0.326 e. The topological polar surface area (TPSA) is 658 Å². The number of carboxylic acids is 1. The predicted octanol–water partition coefficient (Wildman–Crippen LogP) is -6.75. The highest BCUT2D eigenvalue weighted by molar-refractivity contribution is 5.99. The standard InChI is InChI=1S/C58H114N22O13/c59-28-8-1-16-36(66)48(83)72-37(17-2-9-29-60)49(84)73-38(18-3-10-30-61)50(85)77-42(23-15-35-71-58(69)70)53(88)74-39(19-4-11-31-62)51(86)78-43(24-26-46(67)81)55(90)75-40(20-5-12-32-63)52(87)79-44(25-27-47(68)82)56(91)76-41(21-6-13-33-64)54(89)80-45(57(92)93)22-7-14-34-65/h36-45H,1-35,59-66H2,(H2,67,81)(H2,68,82)(H,72,83)(H,73,84)(H,74,88)(H,75,90)(H,76,91)(H,77,85)(H,78,86)(H,79,87)(H,80,89)(H,92,93)(H4,69,70,71)/t36-,37-,38-,39-,40-,41-,42-,43-,44-,45-/m0/s1. The molecule has 34 N–H and O–H groups in total. The number of rotatable bonds is 57. The molecule has 0 saturated heterocycles. The molecular formula is C58H114N22O13. The highest BCUT2D eigenvalue weighted by atomic mass is 16.4. The Kier molecular flexibility index (Phi) is 47.9. The average Bonchev–Trinajstić information content (AvgIpc) is 0.967. The number of carbonyl (C=O) groups is 12. The number of primary amides is 2. The van der Waals surface area contributed by atoms with Crippen molar-refractivity contribution in [1.82, 2.24) is 47.9 Å². The molecule has 0 aromatic heterocycles. The van der Waals surface area contributed by atoms with Crippen molar-refractivity contribution in [3.8, 4) is 0 Å². The molecule has 10 atom stereocenters. The molecule has 534 valence electrons. The van der Waals surface area contributed by atoms with Crippen molar-refractivity contribution < 1.29 is 62.6 Å². The fourth-order valence-electron chi connectivity index (χ4n) is 9.54. The highest BCUT2D eigenvalue weighted by Gasteiger charge is 2.36. The summed E-state index contributed by atoms with van der Waals surface area (Å²) in [6.07, 6.45) is 4.37. The zero-order chi connectivity index (χ0) is 70.1. The summed E-state index contributed by atoms with van der Waals surface area (Å²) >= 11 is 0. The van der Waals surface area contributed by atoms with Crippen LogP contribution in [0.2, 0.25) is 0 Å². The van der Waals surface area contributed by atoms with Gasteiger partial charge in [-0.25, -0.2) is 4.79 Å². The molecule has 0 saturated carbocycles. The van der Waals surface area contributed by atoms with Crippen molar-refractivity contribution in [1.29, 1.82) is 0 Å². The van der Waals surface area contributed by atoms with Crippen LogP contribution < -0.4 is 117 Å². The van der Waals surface area contributed by atoms with Gasteiger partial charge in [-0.05, 0) is 200 Å². The Morgan fingerprint density at radius 2 is 0.484 bits per heavy atom. The summed E-state index contributed by atoms with van der Waals surface area (Å²) in [4.78, 5) is 168. The predicted molar refractivity (Wildman–Crippen MR) is 350 cm³/mol. The number of amides is 11. The Balaban J connectivity index is 7.27. The number of aliphatic imine (C=N–C) groups is 1. The Labute approximate surface area is 545 Å². The van der Waals surface area contributed by atoms with Crippen LogP contribution >= 0.6 is 0 Å². The van der Waals surface area contributed by atoms with Gasteiger partial charge >= 0.3 is 5.97 Å². The van der Waals surface area contributed by atoms with Crippen molar-refractivity contribution in [3.05, 3.63) is 0 Å². The van der Waals surface area contributed by atoms with Crippen LogP contribution in [0.15, 0.2) is 4.99 Å². The summed E-state index contributed by atoms with van der Waals surface area (Å²) in [5.41, 5.74) is 68.3. The first-order valence-corrected chi connectivity index (χ1v) is 32.6. The van der Waals surface area contributed by atoms with E-state index >= 15 is 0 Å². The molecule has 0 rings (SSSR count). The number of aliphatic carboxylic acids is 1. The summed E-state index contributed by atoms with van der Waals surface area (Å²) in [6, 6.07) is -13.6. The maximum atomic E-state index is 14.6. The summed E-state index contributed by atoms with van der Waals surface area (Å²) < 4.78 is 0. The van der Waals surface area contributed by atoms with Gasteiger partial charge < -0.3 is 122 Å². The van der Waals surface area contributed by atoms with E-state index in [1.807, 2.05) is 0 Å². The molecule has 0 radical (unpaired) electrons. The van der Waals surface area contributed by atoms with Crippen LogP contribution in [0.25, 0.3) is 0 Å².